The summed E-state index contributed by atoms with van der Waals surface area (Å²) in [5, 5.41) is 0. The Morgan fingerprint density at radius 1 is 0.833 bits per heavy atom. The molecule has 0 atom stereocenters. The predicted molar refractivity (Wildman–Crippen MR) is 117 cm³/mol. The molecule has 1 aromatic heterocycles. The van der Waals surface area contributed by atoms with E-state index in [1.165, 1.54) is 51.4 Å². The smallest absolute Gasteiger partial charge is 0.223 e. The minimum Gasteiger partial charge on any atom is -0.356 e. The molecular weight excluding hydrogens is 374 g/mol. The van der Waals surface area contributed by atoms with Crippen LogP contribution in [0, 0.1) is 23.2 Å². The van der Waals surface area contributed by atoms with Gasteiger partial charge >= 0.3 is 0 Å². The molecule has 4 saturated carbocycles. The zero-order valence-electron chi connectivity index (χ0n) is 18.1. The van der Waals surface area contributed by atoms with Gasteiger partial charge in [0.1, 0.15) is 18.0 Å². The number of aromatic nitrogens is 2. The van der Waals surface area contributed by atoms with Gasteiger partial charge in [0.2, 0.25) is 5.91 Å². The van der Waals surface area contributed by atoms with Crippen LogP contribution in [0.3, 0.4) is 0 Å². The molecule has 0 spiro atoms. The Hall–Kier alpha value is -1.85. The molecule has 2 aliphatic heterocycles. The number of carbonyl (C=O) groups excluding carboxylic acids is 1. The van der Waals surface area contributed by atoms with Crippen LogP contribution in [-0.2, 0) is 4.79 Å². The first-order chi connectivity index (χ1) is 14.7. The summed E-state index contributed by atoms with van der Waals surface area (Å²) in [4.78, 5) is 29.1. The number of amides is 1. The quantitative estimate of drug-likeness (QED) is 0.763. The summed E-state index contributed by atoms with van der Waals surface area (Å²) in [6.45, 7) is 5.61. The Morgan fingerprint density at radius 3 is 1.93 bits per heavy atom. The molecule has 1 amide bonds. The SMILES string of the molecule is O=C(CC12CC3CC(CC(C3)C1)C2)N1CCN(c2cc(N3CCCC3)ncn2)CC1. The molecule has 162 valence electrons. The van der Waals surface area contributed by atoms with Crippen molar-refractivity contribution in [2.75, 3.05) is 49.1 Å². The Balaban J connectivity index is 1.07. The van der Waals surface area contributed by atoms with Crippen molar-refractivity contribution in [3.63, 3.8) is 0 Å². The van der Waals surface area contributed by atoms with E-state index in [1.54, 1.807) is 6.33 Å². The van der Waals surface area contributed by atoms with Crippen molar-refractivity contribution in [3.8, 4) is 0 Å². The maximum Gasteiger partial charge on any atom is 0.223 e. The highest BCUT2D eigenvalue weighted by molar-refractivity contribution is 5.77. The molecule has 0 N–H and O–H groups in total. The number of nitrogens with zero attached hydrogens (tertiary/aromatic N) is 5. The lowest BCUT2D eigenvalue weighted by atomic mass is 9.49. The summed E-state index contributed by atoms with van der Waals surface area (Å²) < 4.78 is 0. The first-order valence-electron chi connectivity index (χ1n) is 12.3. The Morgan fingerprint density at radius 2 is 1.37 bits per heavy atom. The fourth-order valence-electron chi connectivity index (χ4n) is 7.75. The van der Waals surface area contributed by atoms with Gasteiger partial charge in [0.25, 0.3) is 0 Å². The van der Waals surface area contributed by atoms with E-state index < -0.39 is 0 Å². The molecule has 1 aromatic rings. The fraction of sp³-hybridized carbons (Fsp3) is 0.792. The van der Waals surface area contributed by atoms with Gasteiger partial charge in [-0.15, -0.1) is 0 Å². The van der Waals surface area contributed by atoms with Gasteiger partial charge < -0.3 is 14.7 Å². The van der Waals surface area contributed by atoms with Crippen LogP contribution < -0.4 is 9.80 Å². The van der Waals surface area contributed by atoms with Crippen molar-refractivity contribution in [3.05, 3.63) is 12.4 Å². The van der Waals surface area contributed by atoms with Gasteiger partial charge in [-0.05, 0) is 74.5 Å². The number of rotatable bonds is 4. The molecule has 4 bridgehead atoms. The second-order valence-electron chi connectivity index (χ2n) is 10.9. The number of hydrogen-bond acceptors (Lipinski definition) is 5. The van der Waals surface area contributed by atoms with Crippen LogP contribution in [0.5, 0.6) is 0 Å². The molecule has 2 saturated heterocycles. The summed E-state index contributed by atoms with van der Waals surface area (Å²) in [7, 11) is 0. The van der Waals surface area contributed by atoms with E-state index in [0.717, 1.165) is 75.1 Å². The minimum atomic E-state index is 0.347. The maximum absolute atomic E-state index is 13.2. The van der Waals surface area contributed by atoms with Crippen molar-refractivity contribution in [1.82, 2.24) is 14.9 Å². The van der Waals surface area contributed by atoms with Crippen molar-refractivity contribution < 1.29 is 4.79 Å². The standard InChI is InChI=1S/C24H35N5O/c30-23(16-24-13-18-9-19(14-24)11-20(10-18)15-24)29-7-5-28(6-8-29)22-12-21(25-17-26-22)27-3-1-2-4-27/h12,17-20H,1-11,13-16H2. The molecule has 6 aliphatic rings. The van der Waals surface area contributed by atoms with Gasteiger partial charge in [-0.1, -0.05) is 0 Å². The number of piperazine rings is 1. The van der Waals surface area contributed by atoms with E-state index in [2.05, 4.69) is 30.7 Å². The third kappa shape index (κ3) is 3.46. The molecule has 4 aliphatic carbocycles. The van der Waals surface area contributed by atoms with Gasteiger partial charge in [0.15, 0.2) is 0 Å². The maximum atomic E-state index is 13.2. The highest BCUT2D eigenvalue weighted by Gasteiger charge is 2.51. The fourth-order valence-corrected chi connectivity index (χ4v) is 7.75. The molecule has 6 heteroatoms. The highest BCUT2D eigenvalue weighted by Crippen LogP contribution is 2.61. The van der Waals surface area contributed by atoms with Crippen molar-refractivity contribution in [2.24, 2.45) is 23.2 Å². The topological polar surface area (TPSA) is 52.6 Å². The molecule has 0 radical (unpaired) electrons. The number of anilines is 2. The van der Waals surface area contributed by atoms with E-state index in [0.29, 0.717) is 11.3 Å². The lowest BCUT2D eigenvalue weighted by Crippen LogP contribution is -2.52. The molecule has 6 fully saturated rings. The van der Waals surface area contributed by atoms with E-state index in [4.69, 9.17) is 0 Å². The summed E-state index contributed by atoms with van der Waals surface area (Å²) in [5.41, 5.74) is 0.347. The molecule has 7 rings (SSSR count). The van der Waals surface area contributed by atoms with Gasteiger partial charge in [0.05, 0.1) is 0 Å². The van der Waals surface area contributed by atoms with Crippen molar-refractivity contribution >= 4 is 17.5 Å². The second kappa shape index (κ2) is 7.38. The van der Waals surface area contributed by atoms with Crippen LogP contribution in [0.15, 0.2) is 12.4 Å². The van der Waals surface area contributed by atoms with E-state index in [-0.39, 0.29) is 0 Å². The number of carbonyl (C=O) groups is 1. The molecule has 6 nitrogen and oxygen atoms in total. The van der Waals surface area contributed by atoms with Crippen LogP contribution in [0.25, 0.3) is 0 Å². The first kappa shape index (κ1) is 18.9. The first-order valence-corrected chi connectivity index (χ1v) is 12.3. The molecular formula is C24H35N5O. The van der Waals surface area contributed by atoms with Gasteiger partial charge in [-0.3, -0.25) is 4.79 Å². The Kier molecular flexibility index (Phi) is 4.65. The van der Waals surface area contributed by atoms with Gasteiger partial charge in [0, 0.05) is 51.8 Å². The van der Waals surface area contributed by atoms with Crippen LogP contribution in [0.2, 0.25) is 0 Å². The molecule has 0 unspecified atom stereocenters. The van der Waals surface area contributed by atoms with Gasteiger partial charge in [-0.2, -0.15) is 0 Å². The van der Waals surface area contributed by atoms with Gasteiger partial charge in [-0.25, -0.2) is 9.97 Å². The molecule has 3 heterocycles. The highest BCUT2D eigenvalue weighted by atomic mass is 16.2. The summed E-state index contributed by atoms with van der Waals surface area (Å²) in [6.07, 6.45) is 13.3. The van der Waals surface area contributed by atoms with E-state index in [9.17, 15) is 4.79 Å². The van der Waals surface area contributed by atoms with Crippen LogP contribution in [0.4, 0.5) is 11.6 Å². The average Bonchev–Trinajstić information content (AvgIpc) is 3.28. The third-order valence-corrected chi connectivity index (χ3v) is 8.72. The van der Waals surface area contributed by atoms with Crippen LogP contribution >= 0.6 is 0 Å². The minimum absolute atomic E-state index is 0.347. The normalized spacial score (nSPS) is 35.3. The summed E-state index contributed by atoms with van der Waals surface area (Å²) in [6, 6.07) is 2.14. The molecule has 30 heavy (non-hydrogen) atoms. The van der Waals surface area contributed by atoms with E-state index >= 15 is 0 Å². The Labute approximate surface area is 180 Å². The average molecular weight is 410 g/mol. The van der Waals surface area contributed by atoms with Crippen molar-refractivity contribution in [1.29, 1.82) is 0 Å². The lowest BCUT2D eigenvalue weighted by molar-refractivity contribution is -0.139. The van der Waals surface area contributed by atoms with E-state index in [1.807, 2.05) is 0 Å². The summed E-state index contributed by atoms with van der Waals surface area (Å²) in [5.74, 6) is 5.24. The largest absolute Gasteiger partial charge is 0.356 e. The lowest BCUT2D eigenvalue weighted by Gasteiger charge is -2.57. The third-order valence-electron chi connectivity index (χ3n) is 8.72. The molecule has 0 aromatic carbocycles. The van der Waals surface area contributed by atoms with Crippen LogP contribution in [0.1, 0.15) is 57.8 Å². The second-order valence-corrected chi connectivity index (χ2v) is 10.9. The van der Waals surface area contributed by atoms with Crippen molar-refractivity contribution in [2.45, 2.75) is 57.8 Å². The predicted octanol–water partition coefficient (Wildman–Crippen LogP) is 3.33. The zero-order valence-corrected chi connectivity index (χ0v) is 18.1. The Bertz CT molecular complexity index is 761. The number of hydrogen-bond donors (Lipinski definition) is 0. The summed E-state index contributed by atoms with van der Waals surface area (Å²) >= 11 is 0. The monoisotopic (exact) mass is 409 g/mol. The zero-order chi connectivity index (χ0) is 20.1. The van der Waals surface area contributed by atoms with Crippen LogP contribution in [-0.4, -0.2) is 60.0 Å².